The molecular formula is C10H20O3. The van der Waals surface area contributed by atoms with Gasteiger partial charge in [0.15, 0.2) is 0 Å². The van der Waals surface area contributed by atoms with E-state index in [1.807, 2.05) is 13.8 Å². The lowest BCUT2D eigenvalue weighted by molar-refractivity contribution is -0.246. The molecule has 0 aliphatic heterocycles. The van der Waals surface area contributed by atoms with Gasteiger partial charge < -0.3 is 4.89 Å². The molecule has 0 spiro atoms. The second-order valence-electron chi connectivity index (χ2n) is 3.47. The van der Waals surface area contributed by atoms with E-state index in [9.17, 15) is 4.79 Å². The minimum Gasteiger partial charge on any atom is -0.300 e. The van der Waals surface area contributed by atoms with Crippen molar-refractivity contribution in [2.24, 2.45) is 5.41 Å². The highest BCUT2D eigenvalue weighted by Crippen LogP contribution is 2.33. The average Bonchev–Trinajstić information content (AvgIpc) is 2.19. The van der Waals surface area contributed by atoms with Crippen LogP contribution in [0.5, 0.6) is 0 Å². The zero-order chi connectivity index (χ0) is 10.3. The van der Waals surface area contributed by atoms with E-state index in [-0.39, 0.29) is 0 Å². The highest BCUT2D eigenvalue weighted by atomic mass is 17.1. The van der Waals surface area contributed by atoms with E-state index in [0.29, 0.717) is 0 Å². The third-order valence-electron chi connectivity index (χ3n) is 2.88. The zero-order valence-electron chi connectivity index (χ0n) is 8.80. The molecule has 3 nitrogen and oxygen atoms in total. The third kappa shape index (κ3) is 2.99. The SMILES string of the molecule is CCCCC(CC)(CC)C(=O)OO. The fourth-order valence-corrected chi connectivity index (χ4v) is 1.61. The first kappa shape index (κ1) is 12.4. The Balaban J connectivity index is 4.39. The predicted molar refractivity (Wildman–Crippen MR) is 51.3 cm³/mol. The molecular weight excluding hydrogens is 168 g/mol. The summed E-state index contributed by atoms with van der Waals surface area (Å²) in [6.07, 6.45) is 4.30. The topological polar surface area (TPSA) is 46.5 Å². The van der Waals surface area contributed by atoms with Gasteiger partial charge in [0, 0.05) is 0 Å². The normalized spacial score (nSPS) is 11.4. The van der Waals surface area contributed by atoms with Crippen LogP contribution in [0.2, 0.25) is 0 Å². The monoisotopic (exact) mass is 188 g/mol. The Labute approximate surface area is 80.0 Å². The van der Waals surface area contributed by atoms with Gasteiger partial charge in [-0.2, -0.15) is 5.26 Å². The van der Waals surface area contributed by atoms with Crippen LogP contribution in [0.15, 0.2) is 0 Å². The van der Waals surface area contributed by atoms with Crippen LogP contribution in [0.3, 0.4) is 0 Å². The third-order valence-corrected chi connectivity index (χ3v) is 2.88. The van der Waals surface area contributed by atoms with Gasteiger partial charge in [0.1, 0.15) is 0 Å². The van der Waals surface area contributed by atoms with Crippen LogP contribution in [0, 0.1) is 5.41 Å². The maximum atomic E-state index is 11.3. The average molecular weight is 188 g/mol. The van der Waals surface area contributed by atoms with E-state index >= 15 is 0 Å². The molecule has 0 aromatic carbocycles. The molecule has 0 rings (SSSR count). The molecule has 0 amide bonds. The number of unbranched alkanes of at least 4 members (excludes halogenated alkanes) is 1. The standard InChI is InChI=1S/C10H20O3/c1-4-7-8-10(5-2,6-3)9(11)13-12/h12H,4-8H2,1-3H3. The molecule has 78 valence electrons. The summed E-state index contributed by atoms with van der Waals surface area (Å²) in [5.74, 6) is -0.481. The first-order chi connectivity index (χ1) is 6.16. The van der Waals surface area contributed by atoms with Gasteiger partial charge in [0.2, 0.25) is 0 Å². The molecule has 13 heavy (non-hydrogen) atoms. The number of carbonyl (C=O) groups is 1. The molecule has 0 aromatic rings. The molecule has 0 saturated carbocycles. The van der Waals surface area contributed by atoms with Crippen molar-refractivity contribution in [3.05, 3.63) is 0 Å². The Morgan fingerprint density at radius 3 is 2.15 bits per heavy atom. The Hall–Kier alpha value is -0.570. The van der Waals surface area contributed by atoms with Crippen LogP contribution in [0.1, 0.15) is 52.9 Å². The van der Waals surface area contributed by atoms with Crippen molar-refractivity contribution in [1.29, 1.82) is 0 Å². The minimum absolute atomic E-state index is 0.467. The van der Waals surface area contributed by atoms with Gasteiger partial charge in [-0.05, 0) is 19.3 Å². The Kier molecular flexibility index (Phi) is 5.71. The van der Waals surface area contributed by atoms with Gasteiger partial charge in [-0.15, -0.1) is 0 Å². The van der Waals surface area contributed by atoms with Gasteiger partial charge in [-0.1, -0.05) is 33.6 Å². The van der Waals surface area contributed by atoms with Gasteiger partial charge >= 0.3 is 5.97 Å². The number of carbonyl (C=O) groups excluding carboxylic acids is 1. The van der Waals surface area contributed by atoms with Gasteiger partial charge in [-0.25, -0.2) is 4.79 Å². The quantitative estimate of drug-likeness (QED) is 0.515. The summed E-state index contributed by atoms with van der Waals surface area (Å²) < 4.78 is 0. The van der Waals surface area contributed by atoms with Crippen LogP contribution in [-0.2, 0) is 9.68 Å². The first-order valence-corrected chi connectivity index (χ1v) is 5.02. The number of rotatable bonds is 6. The van der Waals surface area contributed by atoms with Crippen molar-refractivity contribution >= 4 is 5.97 Å². The molecule has 0 aromatic heterocycles. The number of hydrogen-bond donors (Lipinski definition) is 1. The molecule has 0 aliphatic carbocycles. The molecule has 0 radical (unpaired) electrons. The lowest BCUT2D eigenvalue weighted by Gasteiger charge is -2.26. The minimum atomic E-state index is -0.481. The van der Waals surface area contributed by atoms with E-state index in [1.54, 1.807) is 0 Å². The lowest BCUT2D eigenvalue weighted by atomic mass is 9.78. The molecule has 0 unspecified atom stereocenters. The predicted octanol–water partition coefficient (Wildman–Crippen LogP) is 3.00. The summed E-state index contributed by atoms with van der Waals surface area (Å²) in [5.41, 5.74) is -0.467. The maximum Gasteiger partial charge on any atom is 0.348 e. The van der Waals surface area contributed by atoms with Crippen molar-refractivity contribution in [3.8, 4) is 0 Å². The summed E-state index contributed by atoms with van der Waals surface area (Å²) in [6, 6.07) is 0. The summed E-state index contributed by atoms with van der Waals surface area (Å²) in [6.45, 7) is 5.99. The maximum absolute atomic E-state index is 11.3. The number of hydrogen-bond acceptors (Lipinski definition) is 3. The van der Waals surface area contributed by atoms with E-state index < -0.39 is 11.4 Å². The molecule has 3 heteroatoms. The van der Waals surface area contributed by atoms with Crippen molar-refractivity contribution in [2.45, 2.75) is 52.9 Å². The summed E-state index contributed by atoms with van der Waals surface area (Å²) in [4.78, 5) is 15.2. The van der Waals surface area contributed by atoms with Crippen LogP contribution in [0.4, 0.5) is 0 Å². The van der Waals surface area contributed by atoms with Crippen LogP contribution >= 0.6 is 0 Å². The molecule has 0 atom stereocenters. The molecule has 0 fully saturated rings. The van der Waals surface area contributed by atoms with Crippen molar-refractivity contribution < 1.29 is 14.9 Å². The second-order valence-corrected chi connectivity index (χ2v) is 3.47. The lowest BCUT2D eigenvalue weighted by Crippen LogP contribution is -2.31. The highest BCUT2D eigenvalue weighted by Gasteiger charge is 2.36. The van der Waals surface area contributed by atoms with Crippen LogP contribution in [0.25, 0.3) is 0 Å². The largest absolute Gasteiger partial charge is 0.348 e. The Morgan fingerprint density at radius 1 is 1.31 bits per heavy atom. The fraction of sp³-hybridized carbons (Fsp3) is 0.900. The first-order valence-electron chi connectivity index (χ1n) is 5.02. The van der Waals surface area contributed by atoms with E-state index in [2.05, 4.69) is 11.8 Å². The Bertz CT molecular complexity index is 150. The second kappa shape index (κ2) is 5.97. The zero-order valence-corrected chi connectivity index (χ0v) is 8.80. The summed E-state index contributed by atoms with van der Waals surface area (Å²) >= 11 is 0. The van der Waals surface area contributed by atoms with E-state index in [1.165, 1.54) is 0 Å². The molecule has 1 N–H and O–H groups in total. The van der Waals surface area contributed by atoms with Crippen molar-refractivity contribution in [2.75, 3.05) is 0 Å². The summed E-state index contributed by atoms with van der Waals surface area (Å²) in [7, 11) is 0. The van der Waals surface area contributed by atoms with E-state index in [0.717, 1.165) is 32.1 Å². The Morgan fingerprint density at radius 2 is 1.85 bits per heavy atom. The van der Waals surface area contributed by atoms with Crippen molar-refractivity contribution in [1.82, 2.24) is 0 Å². The molecule has 0 saturated heterocycles. The molecule has 0 bridgehead atoms. The smallest absolute Gasteiger partial charge is 0.300 e. The van der Waals surface area contributed by atoms with Crippen LogP contribution in [-0.4, -0.2) is 11.2 Å². The van der Waals surface area contributed by atoms with Gasteiger partial charge in [-0.3, -0.25) is 0 Å². The van der Waals surface area contributed by atoms with Crippen LogP contribution < -0.4 is 0 Å². The van der Waals surface area contributed by atoms with E-state index in [4.69, 9.17) is 5.26 Å². The highest BCUT2D eigenvalue weighted by molar-refractivity contribution is 5.76. The molecule has 0 heterocycles. The van der Waals surface area contributed by atoms with Crippen molar-refractivity contribution in [3.63, 3.8) is 0 Å². The summed E-state index contributed by atoms with van der Waals surface area (Å²) in [5, 5.41) is 8.38. The van der Waals surface area contributed by atoms with Gasteiger partial charge in [0.25, 0.3) is 0 Å². The fourth-order valence-electron chi connectivity index (χ4n) is 1.61. The van der Waals surface area contributed by atoms with Gasteiger partial charge in [0.05, 0.1) is 5.41 Å². The molecule has 0 aliphatic rings.